The molecule has 0 aromatic heterocycles. The Morgan fingerprint density at radius 1 is 1.09 bits per heavy atom. The molecule has 0 radical (unpaired) electrons. The summed E-state index contributed by atoms with van der Waals surface area (Å²) in [5.41, 5.74) is 2.46. The summed E-state index contributed by atoms with van der Waals surface area (Å²) in [5, 5.41) is 2.81. The summed E-state index contributed by atoms with van der Waals surface area (Å²) in [6.07, 6.45) is 2.39. The van der Waals surface area contributed by atoms with Gasteiger partial charge in [-0.1, -0.05) is 42.5 Å². The third-order valence-electron chi connectivity index (χ3n) is 3.38. The Bertz CT molecular complexity index is 731. The van der Waals surface area contributed by atoms with Gasteiger partial charge in [0.2, 0.25) is 0 Å². The molecule has 0 saturated carbocycles. The molecule has 2 aromatic carbocycles. The lowest BCUT2D eigenvalue weighted by molar-refractivity contribution is -0.115. The van der Waals surface area contributed by atoms with Crippen LogP contribution in [0.2, 0.25) is 0 Å². The van der Waals surface area contributed by atoms with Crippen molar-refractivity contribution in [3.8, 4) is 5.75 Å². The van der Waals surface area contributed by atoms with Gasteiger partial charge in [-0.05, 0) is 29.3 Å². The Hall–Kier alpha value is -2.88. The second kappa shape index (κ2) is 6.26. The molecule has 3 rings (SSSR count). The van der Waals surface area contributed by atoms with E-state index in [4.69, 9.17) is 4.74 Å². The average Bonchev–Trinajstić information content (AvgIpc) is 2.88. The largest absolute Gasteiger partial charge is 0.497 e. The number of nitrogens with zero attached hydrogens (tertiary/aromatic N) is 1. The van der Waals surface area contributed by atoms with E-state index < -0.39 is 0 Å². The summed E-state index contributed by atoms with van der Waals surface area (Å²) < 4.78 is 5.12. The number of benzene rings is 2. The Morgan fingerprint density at radius 3 is 2.50 bits per heavy atom. The number of carbonyl (C=O) groups excluding carboxylic acids is 1. The first-order chi connectivity index (χ1) is 10.7. The van der Waals surface area contributed by atoms with Gasteiger partial charge in [-0.15, -0.1) is 0 Å². The van der Waals surface area contributed by atoms with Crippen molar-refractivity contribution in [3.63, 3.8) is 0 Å². The van der Waals surface area contributed by atoms with E-state index in [9.17, 15) is 4.79 Å². The number of ether oxygens (including phenoxy) is 1. The Morgan fingerprint density at radius 2 is 1.82 bits per heavy atom. The van der Waals surface area contributed by atoms with E-state index in [0.717, 1.165) is 16.9 Å². The standard InChI is InChI=1S/C18H16N2O2/c1-22-15-9-7-14(8-10-15)11-16-18(21)20-17(19-16)12-13-5-3-2-4-6-13/h2-11H,12H2,1H3,(H,19,20,21). The van der Waals surface area contributed by atoms with Gasteiger partial charge in [0.25, 0.3) is 5.91 Å². The third-order valence-corrected chi connectivity index (χ3v) is 3.38. The van der Waals surface area contributed by atoms with Gasteiger partial charge in [0.05, 0.1) is 7.11 Å². The van der Waals surface area contributed by atoms with E-state index in [1.807, 2.05) is 54.6 Å². The quantitative estimate of drug-likeness (QED) is 0.881. The highest BCUT2D eigenvalue weighted by Gasteiger charge is 2.19. The minimum atomic E-state index is -0.165. The van der Waals surface area contributed by atoms with Crippen LogP contribution in [0, 0.1) is 0 Å². The van der Waals surface area contributed by atoms with Crippen molar-refractivity contribution < 1.29 is 9.53 Å². The first kappa shape index (κ1) is 14.1. The lowest BCUT2D eigenvalue weighted by Gasteiger charge is -1.99. The predicted molar refractivity (Wildman–Crippen MR) is 86.7 cm³/mol. The molecule has 1 aliphatic heterocycles. The fourth-order valence-electron chi connectivity index (χ4n) is 2.25. The fourth-order valence-corrected chi connectivity index (χ4v) is 2.25. The van der Waals surface area contributed by atoms with E-state index in [1.165, 1.54) is 0 Å². The normalized spacial score (nSPS) is 15.6. The predicted octanol–water partition coefficient (Wildman–Crippen LogP) is 2.81. The molecule has 0 saturated heterocycles. The highest BCUT2D eigenvalue weighted by molar-refractivity contribution is 6.14. The highest BCUT2D eigenvalue weighted by Crippen LogP contribution is 2.17. The van der Waals surface area contributed by atoms with Crippen molar-refractivity contribution in [2.24, 2.45) is 4.99 Å². The van der Waals surface area contributed by atoms with Crippen LogP contribution in [-0.2, 0) is 11.2 Å². The van der Waals surface area contributed by atoms with Gasteiger partial charge in [0.1, 0.15) is 17.3 Å². The van der Waals surface area contributed by atoms with Crippen molar-refractivity contribution in [2.45, 2.75) is 6.42 Å². The molecular weight excluding hydrogens is 276 g/mol. The number of hydrogen-bond acceptors (Lipinski definition) is 3. The molecule has 2 aromatic rings. The minimum absolute atomic E-state index is 0.165. The molecule has 0 fully saturated rings. The van der Waals surface area contributed by atoms with E-state index in [2.05, 4.69) is 10.3 Å². The highest BCUT2D eigenvalue weighted by atomic mass is 16.5. The molecule has 0 aliphatic carbocycles. The van der Waals surface area contributed by atoms with E-state index >= 15 is 0 Å². The SMILES string of the molecule is COc1ccc(C=C2N=C(Cc3ccccc3)NC2=O)cc1. The zero-order valence-corrected chi connectivity index (χ0v) is 12.2. The number of hydrogen-bond donors (Lipinski definition) is 1. The number of carbonyl (C=O) groups is 1. The number of amides is 1. The van der Waals surface area contributed by atoms with Crippen LogP contribution in [0.15, 0.2) is 65.3 Å². The summed E-state index contributed by atoms with van der Waals surface area (Å²) in [4.78, 5) is 16.4. The monoisotopic (exact) mass is 292 g/mol. The summed E-state index contributed by atoms with van der Waals surface area (Å²) in [7, 11) is 1.62. The van der Waals surface area contributed by atoms with Gasteiger partial charge < -0.3 is 10.1 Å². The maximum atomic E-state index is 12.0. The molecule has 1 heterocycles. The van der Waals surface area contributed by atoms with Gasteiger partial charge in [-0.3, -0.25) is 4.79 Å². The molecule has 1 N–H and O–H groups in total. The molecule has 22 heavy (non-hydrogen) atoms. The van der Waals surface area contributed by atoms with Crippen LogP contribution in [0.4, 0.5) is 0 Å². The molecule has 110 valence electrons. The zero-order chi connectivity index (χ0) is 15.4. The molecule has 0 atom stereocenters. The number of methoxy groups -OCH3 is 1. The fraction of sp³-hybridized carbons (Fsp3) is 0.111. The second-order valence-corrected chi connectivity index (χ2v) is 4.98. The molecule has 4 heteroatoms. The summed E-state index contributed by atoms with van der Waals surface area (Å²) in [6.45, 7) is 0. The van der Waals surface area contributed by atoms with Crippen LogP contribution in [0.25, 0.3) is 6.08 Å². The lowest BCUT2D eigenvalue weighted by Crippen LogP contribution is -2.25. The first-order valence-electron chi connectivity index (χ1n) is 7.03. The smallest absolute Gasteiger partial charge is 0.275 e. The molecule has 0 unspecified atom stereocenters. The van der Waals surface area contributed by atoms with Crippen molar-refractivity contribution in [1.82, 2.24) is 5.32 Å². The molecule has 4 nitrogen and oxygen atoms in total. The summed E-state index contributed by atoms with van der Waals surface area (Å²) in [6, 6.07) is 17.4. The van der Waals surface area contributed by atoms with Crippen LogP contribution < -0.4 is 10.1 Å². The van der Waals surface area contributed by atoms with Crippen LogP contribution in [0.3, 0.4) is 0 Å². The molecule has 1 aliphatic rings. The van der Waals surface area contributed by atoms with E-state index in [-0.39, 0.29) is 5.91 Å². The Labute approximate surface area is 129 Å². The maximum Gasteiger partial charge on any atom is 0.275 e. The van der Waals surface area contributed by atoms with E-state index in [1.54, 1.807) is 13.2 Å². The topological polar surface area (TPSA) is 50.7 Å². The van der Waals surface area contributed by atoms with E-state index in [0.29, 0.717) is 18.0 Å². The average molecular weight is 292 g/mol. The molecule has 0 bridgehead atoms. The van der Waals surface area contributed by atoms with Crippen molar-refractivity contribution in [1.29, 1.82) is 0 Å². The number of aliphatic imine (C=N–C) groups is 1. The van der Waals surface area contributed by atoms with Crippen molar-refractivity contribution >= 4 is 17.8 Å². The van der Waals surface area contributed by atoms with Gasteiger partial charge in [-0.25, -0.2) is 4.99 Å². The number of rotatable bonds is 4. The van der Waals surface area contributed by atoms with Crippen LogP contribution in [0.1, 0.15) is 11.1 Å². The van der Waals surface area contributed by atoms with Crippen LogP contribution in [-0.4, -0.2) is 18.9 Å². The van der Waals surface area contributed by atoms with Crippen LogP contribution in [0.5, 0.6) is 5.75 Å². The Balaban J connectivity index is 1.78. The summed E-state index contributed by atoms with van der Waals surface area (Å²) >= 11 is 0. The van der Waals surface area contributed by atoms with Crippen molar-refractivity contribution in [2.75, 3.05) is 7.11 Å². The molecular formula is C18H16N2O2. The van der Waals surface area contributed by atoms with Gasteiger partial charge in [-0.2, -0.15) is 0 Å². The van der Waals surface area contributed by atoms with Crippen molar-refractivity contribution in [3.05, 3.63) is 71.4 Å². The molecule has 1 amide bonds. The van der Waals surface area contributed by atoms with Gasteiger partial charge >= 0.3 is 0 Å². The second-order valence-electron chi connectivity index (χ2n) is 4.98. The third kappa shape index (κ3) is 3.23. The van der Waals surface area contributed by atoms with Gasteiger partial charge in [0.15, 0.2) is 0 Å². The van der Waals surface area contributed by atoms with Crippen LogP contribution >= 0.6 is 0 Å². The van der Waals surface area contributed by atoms with Gasteiger partial charge in [0, 0.05) is 6.42 Å². The first-order valence-corrected chi connectivity index (χ1v) is 7.03. The summed E-state index contributed by atoms with van der Waals surface area (Å²) in [5.74, 6) is 1.30. The zero-order valence-electron chi connectivity index (χ0n) is 12.2. The molecule has 0 spiro atoms. The Kier molecular flexibility index (Phi) is 4.01. The minimum Gasteiger partial charge on any atom is -0.497 e. The number of amidine groups is 1. The number of nitrogens with one attached hydrogen (secondary N) is 1. The maximum absolute atomic E-state index is 12.0. The lowest BCUT2D eigenvalue weighted by atomic mass is 10.1.